The van der Waals surface area contributed by atoms with Gasteiger partial charge in [0.15, 0.2) is 0 Å². The molecule has 0 spiro atoms. The van der Waals surface area contributed by atoms with Gasteiger partial charge >= 0.3 is 0 Å². The molecule has 72 valence electrons. The molecule has 1 fully saturated rings. The summed E-state index contributed by atoms with van der Waals surface area (Å²) in [6, 6.07) is 0. The van der Waals surface area contributed by atoms with E-state index in [4.69, 9.17) is 4.55 Å². The second-order valence-corrected chi connectivity index (χ2v) is 4.50. The molecule has 0 aliphatic heterocycles. The molecule has 0 aromatic rings. The molecule has 2 heteroatoms. The van der Waals surface area contributed by atoms with Crippen molar-refractivity contribution in [2.45, 2.75) is 45.4 Å². The minimum Gasteiger partial charge on any atom is -0.330 e. The first-order valence-electron chi connectivity index (χ1n) is 5.14. The van der Waals surface area contributed by atoms with Crippen molar-refractivity contribution in [3.05, 3.63) is 0 Å². The largest absolute Gasteiger partial charge is 0.330 e. The fourth-order valence-electron chi connectivity index (χ4n) is 2.44. The molecule has 1 rings (SSSR count). The van der Waals surface area contributed by atoms with E-state index in [1.807, 2.05) is 0 Å². The molecular formula is C10H20OS. The summed E-state index contributed by atoms with van der Waals surface area (Å²) in [4.78, 5) is 0. The minimum atomic E-state index is 0.924. The molecule has 0 heterocycles. The third-order valence-corrected chi connectivity index (χ3v) is 3.62. The van der Waals surface area contributed by atoms with Gasteiger partial charge in [-0.15, -0.1) is 0 Å². The molecule has 1 aliphatic carbocycles. The van der Waals surface area contributed by atoms with Gasteiger partial charge in [0.05, 0.1) is 0 Å². The smallest absolute Gasteiger partial charge is 0.0195 e. The zero-order valence-corrected chi connectivity index (χ0v) is 8.78. The number of hydrogen-bond acceptors (Lipinski definition) is 2. The monoisotopic (exact) mass is 188 g/mol. The van der Waals surface area contributed by atoms with Crippen molar-refractivity contribution in [2.24, 2.45) is 11.8 Å². The summed E-state index contributed by atoms with van der Waals surface area (Å²) >= 11 is 0.994. The Labute approximate surface area is 80.1 Å². The Morgan fingerprint density at radius 3 is 2.75 bits per heavy atom. The van der Waals surface area contributed by atoms with Crippen LogP contribution in [0.2, 0.25) is 0 Å². The van der Waals surface area contributed by atoms with E-state index in [0.717, 1.165) is 29.6 Å². The van der Waals surface area contributed by atoms with Gasteiger partial charge in [0.1, 0.15) is 0 Å². The highest BCUT2D eigenvalue weighted by Gasteiger charge is 2.24. The third kappa shape index (κ3) is 2.98. The summed E-state index contributed by atoms with van der Waals surface area (Å²) in [7, 11) is 0. The van der Waals surface area contributed by atoms with Crippen molar-refractivity contribution in [1.29, 1.82) is 0 Å². The van der Waals surface area contributed by atoms with E-state index in [1.54, 1.807) is 0 Å². The van der Waals surface area contributed by atoms with Gasteiger partial charge in [-0.2, -0.15) is 0 Å². The molecule has 0 saturated heterocycles. The summed E-state index contributed by atoms with van der Waals surface area (Å²) in [6.45, 7) is 2.31. The van der Waals surface area contributed by atoms with Crippen LogP contribution in [0.5, 0.6) is 0 Å². The van der Waals surface area contributed by atoms with Gasteiger partial charge in [0, 0.05) is 5.75 Å². The molecule has 0 amide bonds. The van der Waals surface area contributed by atoms with Crippen molar-refractivity contribution < 1.29 is 4.55 Å². The van der Waals surface area contributed by atoms with Crippen molar-refractivity contribution in [1.82, 2.24) is 0 Å². The Bertz CT molecular complexity index is 116. The Balaban J connectivity index is 2.12. The molecule has 2 atom stereocenters. The highest BCUT2D eigenvalue weighted by Crippen LogP contribution is 2.36. The average molecular weight is 188 g/mol. The van der Waals surface area contributed by atoms with Gasteiger partial charge in [0.2, 0.25) is 0 Å². The van der Waals surface area contributed by atoms with Crippen molar-refractivity contribution in [2.75, 3.05) is 5.75 Å². The third-order valence-electron chi connectivity index (χ3n) is 3.15. The van der Waals surface area contributed by atoms with E-state index in [1.165, 1.54) is 38.5 Å². The van der Waals surface area contributed by atoms with E-state index < -0.39 is 0 Å². The van der Waals surface area contributed by atoms with Crippen molar-refractivity contribution in [3.63, 3.8) is 0 Å². The molecule has 2 unspecified atom stereocenters. The van der Waals surface area contributed by atoms with Gasteiger partial charge in [0.25, 0.3) is 0 Å². The number of rotatable bonds is 5. The van der Waals surface area contributed by atoms with Crippen LogP contribution < -0.4 is 0 Å². The Kier molecular flexibility index (Phi) is 5.08. The van der Waals surface area contributed by atoms with Crippen LogP contribution in [-0.2, 0) is 0 Å². The summed E-state index contributed by atoms with van der Waals surface area (Å²) in [5.74, 6) is 2.89. The SMILES string of the molecule is CCC1CCCC1CCCSO. The minimum absolute atomic E-state index is 0.924. The van der Waals surface area contributed by atoms with Crippen molar-refractivity contribution >= 4 is 12.0 Å². The zero-order valence-electron chi connectivity index (χ0n) is 7.96. The van der Waals surface area contributed by atoms with Crippen molar-refractivity contribution in [3.8, 4) is 0 Å². The molecule has 12 heavy (non-hydrogen) atoms. The lowest BCUT2D eigenvalue weighted by Crippen LogP contribution is -2.06. The lowest BCUT2D eigenvalue weighted by atomic mass is 9.90. The summed E-state index contributed by atoms with van der Waals surface area (Å²) in [5, 5.41) is 0. The molecule has 1 N–H and O–H groups in total. The highest BCUT2D eigenvalue weighted by molar-refractivity contribution is 7.93. The number of hydrogen-bond donors (Lipinski definition) is 1. The van der Waals surface area contributed by atoms with Crippen LogP contribution >= 0.6 is 12.0 Å². The quantitative estimate of drug-likeness (QED) is 0.523. The van der Waals surface area contributed by atoms with Gasteiger partial charge in [-0.1, -0.05) is 32.6 Å². The molecule has 0 aromatic carbocycles. The summed E-state index contributed by atoms with van der Waals surface area (Å²) in [6.07, 6.45) is 8.23. The maximum atomic E-state index is 8.58. The Hall–Kier alpha value is 0.310. The standard InChI is InChI=1S/C10H20OS/c1-2-9-5-3-6-10(9)7-4-8-12-11/h9-11H,2-8H2,1H3. The summed E-state index contributed by atoms with van der Waals surface area (Å²) in [5.41, 5.74) is 0. The van der Waals surface area contributed by atoms with Crippen LogP contribution in [0.15, 0.2) is 0 Å². The van der Waals surface area contributed by atoms with Crippen LogP contribution in [0.4, 0.5) is 0 Å². The highest BCUT2D eigenvalue weighted by atomic mass is 32.2. The fourth-order valence-corrected chi connectivity index (χ4v) is 2.74. The topological polar surface area (TPSA) is 20.2 Å². The lowest BCUT2D eigenvalue weighted by molar-refractivity contribution is 0.353. The van der Waals surface area contributed by atoms with E-state index in [0.29, 0.717) is 0 Å². The lowest BCUT2D eigenvalue weighted by Gasteiger charge is -2.16. The normalized spacial score (nSPS) is 29.5. The first-order chi connectivity index (χ1) is 5.88. The first-order valence-corrected chi connectivity index (χ1v) is 6.09. The molecule has 0 aromatic heterocycles. The molecule has 1 saturated carbocycles. The van der Waals surface area contributed by atoms with Crippen LogP contribution in [0.1, 0.15) is 45.4 Å². The molecule has 0 radical (unpaired) electrons. The van der Waals surface area contributed by atoms with E-state index in [2.05, 4.69) is 6.92 Å². The van der Waals surface area contributed by atoms with E-state index in [9.17, 15) is 0 Å². The van der Waals surface area contributed by atoms with E-state index in [-0.39, 0.29) is 0 Å². The Morgan fingerprint density at radius 2 is 2.08 bits per heavy atom. The Morgan fingerprint density at radius 1 is 1.33 bits per heavy atom. The van der Waals surface area contributed by atoms with Crippen LogP contribution in [0.3, 0.4) is 0 Å². The molecule has 1 aliphatic rings. The molecular weight excluding hydrogens is 168 g/mol. The van der Waals surface area contributed by atoms with Crippen LogP contribution in [0.25, 0.3) is 0 Å². The van der Waals surface area contributed by atoms with Gasteiger partial charge in [-0.05, 0) is 36.7 Å². The van der Waals surface area contributed by atoms with E-state index >= 15 is 0 Å². The maximum absolute atomic E-state index is 8.58. The van der Waals surface area contributed by atoms with Gasteiger partial charge in [-0.3, -0.25) is 0 Å². The first kappa shape index (κ1) is 10.4. The summed E-state index contributed by atoms with van der Waals surface area (Å²) < 4.78 is 8.58. The predicted molar refractivity (Wildman–Crippen MR) is 55.4 cm³/mol. The van der Waals surface area contributed by atoms with Crippen LogP contribution in [0, 0.1) is 11.8 Å². The molecule has 1 nitrogen and oxygen atoms in total. The predicted octanol–water partition coefficient (Wildman–Crippen LogP) is 3.80. The molecule has 0 bridgehead atoms. The maximum Gasteiger partial charge on any atom is 0.0195 e. The fraction of sp³-hybridized carbons (Fsp3) is 1.00. The second-order valence-electron chi connectivity index (χ2n) is 3.83. The van der Waals surface area contributed by atoms with Crippen LogP contribution in [-0.4, -0.2) is 10.3 Å². The van der Waals surface area contributed by atoms with Gasteiger partial charge < -0.3 is 4.55 Å². The second kappa shape index (κ2) is 5.87. The van der Waals surface area contributed by atoms with Gasteiger partial charge in [-0.25, -0.2) is 0 Å². The average Bonchev–Trinajstić information content (AvgIpc) is 2.52. The zero-order chi connectivity index (χ0) is 8.81.